The Morgan fingerprint density at radius 3 is 2.26 bits per heavy atom. The molecular formula is C26H39N3O2. The second kappa shape index (κ2) is 15.1. The summed E-state index contributed by atoms with van der Waals surface area (Å²) in [5, 5.41) is 14.6. The Morgan fingerprint density at radius 1 is 1.13 bits per heavy atom. The third kappa shape index (κ3) is 8.85. The van der Waals surface area contributed by atoms with E-state index < -0.39 is 6.10 Å². The minimum Gasteiger partial charge on any atom is -0.388 e. The Hall–Kier alpha value is -2.79. The third-order valence-corrected chi connectivity index (χ3v) is 4.29. The number of amides is 1. The van der Waals surface area contributed by atoms with Gasteiger partial charge in [-0.15, -0.1) is 0 Å². The fourth-order valence-corrected chi connectivity index (χ4v) is 2.92. The van der Waals surface area contributed by atoms with Crippen molar-refractivity contribution in [3.05, 3.63) is 60.1 Å². The summed E-state index contributed by atoms with van der Waals surface area (Å²) in [6, 6.07) is 3.77. The molecule has 0 aromatic carbocycles. The van der Waals surface area contributed by atoms with Crippen LogP contribution in [0, 0.1) is 0 Å². The number of aliphatic hydroxyl groups excluding tert-OH is 1. The molecule has 5 nitrogen and oxygen atoms in total. The first-order valence-corrected chi connectivity index (χ1v) is 11.1. The van der Waals surface area contributed by atoms with E-state index in [4.69, 9.17) is 0 Å². The maximum Gasteiger partial charge on any atom is 0.222 e. The number of carbonyl (C=O) groups excluding carboxylic acids is 1. The van der Waals surface area contributed by atoms with E-state index in [0.717, 1.165) is 34.0 Å². The van der Waals surface area contributed by atoms with Gasteiger partial charge < -0.3 is 10.4 Å². The van der Waals surface area contributed by atoms with Gasteiger partial charge in [0.2, 0.25) is 5.91 Å². The summed E-state index contributed by atoms with van der Waals surface area (Å²) in [5.41, 5.74) is 3.50. The highest BCUT2D eigenvalue weighted by molar-refractivity contribution is 5.92. The van der Waals surface area contributed by atoms with Crippen LogP contribution in [0.3, 0.4) is 0 Å². The lowest BCUT2D eigenvalue weighted by atomic mass is 9.97. The van der Waals surface area contributed by atoms with Crippen LogP contribution in [-0.2, 0) is 4.79 Å². The zero-order valence-electron chi connectivity index (χ0n) is 20.4. The summed E-state index contributed by atoms with van der Waals surface area (Å²) in [6.07, 6.45) is 8.49. The Kier molecular flexibility index (Phi) is 13.7. The van der Waals surface area contributed by atoms with Crippen LogP contribution in [0.5, 0.6) is 0 Å². The molecule has 1 unspecified atom stereocenters. The molecule has 31 heavy (non-hydrogen) atoms. The molecule has 0 fully saturated rings. The van der Waals surface area contributed by atoms with Gasteiger partial charge in [0, 0.05) is 30.1 Å². The smallest absolute Gasteiger partial charge is 0.222 e. The SMILES string of the molecule is C=C(/C=C(C)\C(=C/C)c1cc2cnc(NC(C)=O)cc2cn1)C(O)CCC.CC.CC. The van der Waals surface area contributed by atoms with E-state index in [0.29, 0.717) is 17.8 Å². The first kappa shape index (κ1) is 28.2. The fraction of sp³-hybridized carbons (Fsp3) is 0.423. The first-order valence-electron chi connectivity index (χ1n) is 11.1. The number of fused-ring (bicyclic) bond motifs is 1. The molecular weight excluding hydrogens is 386 g/mol. The second-order valence-electron chi connectivity index (χ2n) is 6.58. The van der Waals surface area contributed by atoms with Crippen molar-refractivity contribution >= 4 is 28.1 Å². The molecule has 0 spiro atoms. The highest BCUT2D eigenvalue weighted by atomic mass is 16.3. The molecule has 2 N–H and O–H groups in total. The van der Waals surface area contributed by atoms with Crippen LogP contribution < -0.4 is 5.32 Å². The number of nitrogens with one attached hydrogen (secondary N) is 1. The van der Waals surface area contributed by atoms with E-state index in [1.165, 1.54) is 6.92 Å². The summed E-state index contributed by atoms with van der Waals surface area (Å²) in [6.45, 7) is 19.4. The monoisotopic (exact) mass is 425 g/mol. The van der Waals surface area contributed by atoms with Crippen LogP contribution in [0.25, 0.3) is 16.3 Å². The largest absolute Gasteiger partial charge is 0.388 e. The van der Waals surface area contributed by atoms with Crippen molar-refractivity contribution in [2.45, 2.75) is 74.3 Å². The van der Waals surface area contributed by atoms with Crippen molar-refractivity contribution in [2.24, 2.45) is 0 Å². The average Bonchev–Trinajstić information content (AvgIpc) is 2.76. The van der Waals surface area contributed by atoms with Gasteiger partial charge in [-0.2, -0.15) is 0 Å². The standard InChI is InChI=1S/C22H27N3O2.2C2H6/c1-6-8-21(27)15(4)9-14(3)19(7-2)20-10-17-13-24-22(25-16(5)26)11-18(17)12-23-20;2*1-2/h7,9-13,21,27H,4,6,8H2,1-3,5H3,(H,24,25,26);2*1-2H3/b14-9-,19-7+;;. The van der Waals surface area contributed by atoms with Gasteiger partial charge in [0.25, 0.3) is 0 Å². The van der Waals surface area contributed by atoms with Crippen LogP contribution in [0.15, 0.2) is 54.4 Å². The van der Waals surface area contributed by atoms with Crippen LogP contribution >= 0.6 is 0 Å². The Labute approximate surface area is 188 Å². The van der Waals surface area contributed by atoms with Crippen LogP contribution in [-0.4, -0.2) is 27.1 Å². The molecule has 0 saturated carbocycles. The summed E-state index contributed by atoms with van der Waals surface area (Å²) >= 11 is 0. The van der Waals surface area contributed by atoms with Crippen molar-refractivity contribution in [2.75, 3.05) is 5.32 Å². The number of pyridine rings is 2. The molecule has 1 amide bonds. The minimum atomic E-state index is -0.524. The van der Waals surface area contributed by atoms with Crippen molar-refractivity contribution in [3.8, 4) is 0 Å². The predicted octanol–water partition coefficient (Wildman–Crippen LogP) is 6.71. The van der Waals surface area contributed by atoms with Gasteiger partial charge in [0.15, 0.2) is 0 Å². The highest BCUT2D eigenvalue weighted by Crippen LogP contribution is 2.26. The number of aliphatic hydroxyl groups is 1. The molecule has 2 rings (SSSR count). The normalized spacial score (nSPS) is 12.2. The molecule has 0 saturated heterocycles. The number of carbonyl (C=O) groups is 1. The molecule has 0 aliphatic heterocycles. The number of aromatic nitrogens is 2. The molecule has 2 aromatic heterocycles. The lowest BCUT2D eigenvalue weighted by Gasteiger charge is -2.13. The molecule has 0 bridgehead atoms. The van der Waals surface area contributed by atoms with Gasteiger partial charge in [-0.3, -0.25) is 9.78 Å². The maximum absolute atomic E-state index is 11.2. The van der Waals surface area contributed by atoms with Gasteiger partial charge in [0.1, 0.15) is 5.82 Å². The highest BCUT2D eigenvalue weighted by Gasteiger charge is 2.10. The predicted molar refractivity (Wildman–Crippen MR) is 134 cm³/mol. The van der Waals surface area contributed by atoms with Crippen LogP contribution in [0.4, 0.5) is 5.82 Å². The molecule has 0 aliphatic rings. The zero-order valence-corrected chi connectivity index (χ0v) is 20.4. The Bertz CT molecular complexity index is 914. The summed E-state index contributed by atoms with van der Waals surface area (Å²) in [7, 11) is 0. The number of hydrogen-bond donors (Lipinski definition) is 2. The molecule has 2 heterocycles. The lowest BCUT2D eigenvalue weighted by molar-refractivity contribution is -0.114. The van der Waals surface area contributed by atoms with Crippen molar-refractivity contribution < 1.29 is 9.90 Å². The Balaban J connectivity index is 0.00000212. The van der Waals surface area contributed by atoms with E-state index >= 15 is 0 Å². The van der Waals surface area contributed by atoms with Crippen molar-refractivity contribution in [3.63, 3.8) is 0 Å². The lowest BCUT2D eigenvalue weighted by Crippen LogP contribution is -2.07. The van der Waals surface area contributed by atoms with E-state index in [2.05, 4.69) is 21.9 Å². The number of rotatable bonds is 7. The van der Waals surface area contributed by atoms with Gasteiger partial charge in [-0.05, 0) is 49.1 Å². The molecule has 1 atom stereocenters. The van der Waals surface area contributed by atoms with Crippen LogP contribution in [0.1, 0.15) is 73.9 Å². The number of anilines is 1. The van der Waals surface area contributed by atoms with Gasteiger partial charge >= 0.3 is 0 Å². The van der Waals surface area contributed by atoms with E-state index in [9.17, 15) is 9.90 Å². The third-order valence-electron chi connectivity index (χ3n) is 4.29. The van der Waals surface area contributed by atoms with E-state index in [1.54, 1.807) is 18.5 Å². The summed E-state index contributed by atoms with van der Waals surface area (Å²) in [5.74, 6) is 0.349. The molecule has 0 radical (unpaired) electrons. The summed E-state index contributed by atoms with van der Waals surface area (Å²) in [4.78, 5) is 20.0. The van der Waals surface area contributed by atoms with Crippen molar-refractivity contribution in [1.82, 2.24) is 9.97 Å². The molecule has 2 aromatic rings. The number of hydrogen-bond acceptors (Lipinski definition) is 4. The second-order valence-corrected chi connectivity index (χ2v) is 6.58. The van der Waals surface area contributed by atoms with Crippen molar-refractivity contribution in [1.29, 1.82) is 0 Å². The topological polar surface area (TPSA) is 75.1 Å². The maximum atomic E-state index is 11.2. The van der Waals surface area contributed by atoms with Crippen LogP contribution in [0.2, 0.25) is 0 Å². The number of nitrogens with zero attached hydrogens (tertiary/aromatic N) is 2. The quantitative estimate of drug-likeness (QED) is 0.484. The molecule has 0 aliphatic carbocycles. The van der Waals surface area contributed by atoms with Gasteiger partial charge in [0.05, 0.1) is 11.8 Å². The number of allylic oxidation sites excluding steroid dienone is 3. The fourth-order valence-electron chi connectivity index (χ4n) is 2.92. The van der Waals surface area contributed by atoms with Gasteiger partial charge in [-0.1, -0.05) is 59.8 Å². The Morgan fingerprint density at radius 2 is 1.71 bits per heavy atom. The molecule has 5 heteroatoms. The first-order chi connectivity index (χ1) is 14.8. The minimum absolute atomic E-state index is 0.158. The van der Waals surface area contributed by atoms with Gasteiger partial charge in [-0.25, -0.2) is 4.98 Å². The average molecular weight is 426 g/mol. The zero-order chi connectivity index (χ0) is 24.0. The summed E-state index contributed by atoms with van der Waals surface area (Å²) < 4.78 is 0. The van der Waals surface area contributed by atoms with E-state index in [-0.39, 0.29) is 5.91 Å². The molecule has 170 valence electrons. The van der Waals surface area contributed by atoms with E-state index in [1.807, 2.05) is 66.7 Å².